The average molecular weight is 350 g/mol. The quantitative estimate of drug-likeness (QED) is 0.780. The summed E-state index contributed by atoms with van der Waals surface area (Å²) in [6.07, 6.45) is 4.00. The highest BCUT2D eigenvalue weighted by Gasteiger charge is 2.20. The largest absolute Gasteiger partial charge is 0.467 e. The second-order valence-corrected chi connectivity index (χ2v) is 6.53. The Hall–Kier alpha value is -1.93. The Kier molecular flexibility index (Phi) is 7.39. The predicted octanol–water partition coefficient (Wildman–Crippen LogP) is 0.155. The second-order valence-electron chi connectivity index (χ2n) is 6.53. The van der Waals surface area contributed by atoms with E-state index in [2.05, 4.69) is 27.2 Å². The monoisotopic (exact) mass is 350 g/mol. The van der Waals surface area contributed by atoms with Gasteiger partial charge in [0.05, 0.1) is 12.8 Å². The number of anilines is 1. The molecule has 0 unspecified atom stereocenters. The molecule has 0 saturated carbocycles. The van der Waals surface area contributed by atoms with E-state index < -0.39 is 0 Å². The van der Waals surface area contributed by atoms with Crippen molar-refractivity contribution in [2.45, 2.75) is 32.2 Å². The van der Waals surface area contributed by atoms with E-state index in [0.29, 0.717) is 25.5 Å². The van der Waals surface area contributed by atoms with Gasteiger partial charge in [-0.1, -0.05) is 0 Å². The van der Waals surface area contributed by atoms with Gasteiger partial charge in [-0.3, -0.25) is 4.79 Å². The van der Waals surface area contributed by atoms with Crippen LogP contribution in [0.2, 0.25) is 0 Å². The maximum atomic E-state index is 10.9. The van der Waals surface area contributed by atoms with E-state index in [4.69, 9.17) is 10.5 Å². The third-order valence-electron chi connectivity index (χ3n) is 4.46. The van der Waals surface area contributed by atoms with Crippen molar-refractivity contribution in [1.29, 1.82) is 0 Å². The van der Waals surface area contributed by atoms with Gasteiger partial charge < -0.3 is 25.6 Å². The Balaban J connectivity index is 0.000000316. The summed E-state index contributed by atoms with van der Waals surface area (Å²) < 4.78 is 5.13. The fourth-order valence-corrected chi connectivity index (χ4v) is 2.98. The van der Waals surface area contributed by atoms with Crippen LogP contribution in [0.5, 0.6) is 6.01 Å². The summed E-state index contributed by atoms with van der Waals surface area (Å²) in [7, 11) is 5.62. The van der Waals surface area contributed by atoms with Crippen LogP contribution in [0.15, 0.2) is 0 Å². The molecule has 1 fully saturated rings. The van der Waals surface area contributed by atoms with Gasteiger partial charge in [0.15, 0.2) is 0 Å². The minimum atomic E-state index is -0.316. The van der Waals surface area contributed by atoms with Gasteiger partial charge in [-0.2, -0.15) is 9.97 Å². The summed E-state index contributed by atoms with van der Waals surface area (Å²) in [6, 6.07) is 0.350. The zero-order chi connectivity index (χ0) is 18.2. The number of hydrogen-bond donors (Lipinski definition) is 2. The fraction of sp³-hybridized carbons (Fsp3) is 0.706. The number of likely N-dealkylation sites (tertiary alicyclic amines) is 1. The lowest BCUT2D eigenvalue weighted by molar-refractivity contribution is -0.117. The van der Waals surface area contributed by atoms with Crippen molar-refractivity contribution in [3.05, 3.63) is 11.3 Å². The maximum absolute atomic E-state index is 10.9. The zero-order valence-corrected chi connectivity index (χ0v) is 15.5. The third kappa shape index (κ3) is 5.82. The molecule has 0 bridgehead atoms. The standard InChI is InChI=1S/C12H19N5O2.C5H11N/c1-17(6-4-10(13)18)11-8-3-5-14-7-9(8)15-12(16-11)19-2;1-6-4-2-3-5-6/h14H,3-7H2,1-2H3,(H2,13,18);2-5H2,1H3. The molecule has 2 aliphatic heterocycles. The molecule has 0 radical (unpaired) electrons. The second kappa shape index (κ2) is 9.53. The summed E-state index contributed by atoms with van der Waals surface area (Å²) in [5.41, 5.74) is 7.25. The van der Waals surface area contributed by atoms with Crippen molar-refractivity contribution in [1.82, 2.24) is 20.2 Å². The molecule has 8 heteroatoms. The highest BCUT2D eigenvalue weighted by Crippen LogP contribution is 2.25. The summed E-state index contributed by atoms with van der Waals surface area (Å²) in [4.78, 5) is 23.9. The summed E-state index contributed by atoms with van der Waals surface area (Å²) in [5, 5.41) is 3.27. The first-order valence-electron chi connectivity index (χ1n) is 8.83. The van der Waals surface area contributed by atoms with Crippen molar-refractivity contribution in [2.75, 3.05) is 52.3 Å². The van der Waals surface area contributed by atoms with Gasteiger partial charge in [-0.05, 0) is 45.9 Å². The number of ether oxygens (including phenoxy) is 1. The van der Waals surface area contributed by atoms with E-state index in [1.807, 2.05) is 11.9 Å². The van der Waals surface area contributed by atoms with E-state index in [1.54, 1.807) is 7.11 Å². The molecule has 25 heavy (non-hydrogen) atoms. The molecular weight excluding hydrogens is 320 g/mol. The van der Waals surface area contributed by atoms with Gasteiger partial charge in [0.25, 0.3) is 0 Å². The van der Waals surface area contributed by atoms with Crippen molar-refractivity contribution in [3.8, 4) is 6.01 Å². The smallest absolute Gasteiger partial charge is 0.318 e. The van der Waals surface area contributed by atoms with E-state index in [0.717, 1.165) is 30.0 Å². The van der Waals surface area contributed by atoms with Crippen LogP contribution in [0.4, 0.5) is 5.82 Å². The van der Waals surface area contributed by atoms with Crippen LogP contribution in [-0.2, 0) is 17.8 Å². The summed E-state index contributed by atoms with van der Waals surface area (Å²) in [6.45, 7) is 4.79. The van der Waals surface area contributed by atoms with Crippen molar-refractivity contribution in [3.63, 3.8) is 0 Å². The summed E-state index contributed by atoms with van der Waals surface area (Å²) in [5.74, 6) is 0.507. The molecule has 1 amide bonds. The highest BCUT2D eigenvalue weighted by molar-refractivity contribution is 5.74. The number of nitrogens with one attached hydrogen (secondary N) is 1. The van der Waals surface area contributed by atoms with Gasteiger partial charge in [0, 0.05) is 32.1 Å². The van der Waals surface area contributed by atoms with Gasteiger partial charge in [-0.15, -0.1) is 0 Å². The number of hydrogen-bond acceptors (Lipinski definition) is 7. The Morgan fingerprint density at radius 1 is 1.36 bits per heavy atom. The number of rotatable bonds is 5. The minimum Gasteiger partial charge on any atom is -0.467 e. The lowest BCUT2D eigenvalue weighted by atomic mass is 10.1. The molecule has 1 aromatic heterocycles. The first kappa shape index (κ1) is 19.4. The van der Waals surface area contributed by atoms with Crippen LogP contribution in [0.3, 0.4) is 0 Å². The molecule has 0 aromatic carbocycles. The maximum Gasteiger partial charge on any atom is 0.318 e. The molecule has 1 saturated heterocycles. The molecule has 2 aliphatic rings. The Morgan fingerprint density at radius 2 is 2.08 bits per heavy atom. The zero-order valence-electron chi connectivity index (χ0n) is 15.5. The minimum absolute atomic E-state index is 0.301. The summed E-state index contributed by atoms with van der Waals surface area (Å²) >= 11 is 0. The number of nitrogens with zero attached hydrogens (tertiary/aromatic N) is 4. The lowest BCUT2D eigenvalue weighted by Gasteiger charge is -2.25. The Morgan fingerprint density at radius 3 is 2.64 bits per heavy atom. The van der Waals surface area contributed by atoms with Gasteiger partial charge in [0.2, 0.25) is 5.91 Å². The van der Waals surface area contributed by atoms with Gasteiger partial charge in [0.1, 0.15) is 5.82 Å². The molecule has 0 spiro atoms. The molecule has 8 nitrogen and oxygen atoms in total. The molecular formula is C17H30N6O2. The van der Waals surface area contributed by atoms with Crippen LogP contribution in [0, 0.1) is 0 Å². The first-order valence-corrected chi connectivity index (χ1v) is 8.83. The predicted molar refractivity (Wildman–Crippen MR) is 97.8 cm³/mol. The lowest BCUT2D eigenvalue weighted by Crippen LogP contribution is -2.30. The molecule has 140 valence electrons. The Labute approximate surface area is 149 Å². The molecule has 1 aromatic rings. The number of nitrogens with two attached hydrogens (primary N) is 1. The SMILES string of the molecule is CN1CCCC1.COc1nc2c(c(N(C)CCC(N)=O)n1)CCNC2. The Bertz CT molecular complexity index is 575. The van der Waals surface area contributed by atoms with Gasteiger partial charge in [-0.25, -0.2) is 0 Å². The van der Waals surface area contributed by atoms with E-state index in [1.165, 1.54) is 25.9 Å². The molecule has 0 atom stereocenters. The van der Waals surface area contributed by atoms with Crippen LogP contribution < -0.4 is 20.7 Å². The first-order chi connectivity index (χ1) is 12.0. The topological polar surface area (TPSA) is 96.6 Å². The number of methoxy groups -OCH3 is 1. The number of amides is 1. The van der Waals surface area contributed by atoms with Crippen LogP contribution in [0.25, 0.3) is 0 Å². The van der Waals surface area contributed by atoms with Gasteiger partial charge >= 0.3 is 6.01 Å². The van der Waals surface area contributed by atoms with E-state index >= 15 is 0 Å². The van der Waals surface area contributed by atoms with E-state index in [9.17, 15) is 4.79 Å². The van der Waals surface area contributed by atoms with E-state index in [-0.39, 0.29) is 5.91 Å². The van der Waals surface area contributed by atoms with Crippen LogP contribution in [0.1, 0.15) is 30.5 Å². The van der Waals surface area contributed by atoms with Crippen molar-refractivity contribution >= 4 is 11.7 Å². The molecule has 3 N–H and O–H groups in total. The fourth-order valence-electron chi connectivity index (χ4n) is 2.98. The number of carbonyl (C=O) groups excluding carboxylic acids is 1. The number of carbonyl (C=O) groups is 1. The molecule has 0 aliphatic carbocycles. The third-order valence-corrected chi connectivity index (χ3v) is 4.46. The normalized spacial score (nSPS) is 16.6. The number of fused-ring (bicyclic) bond motifs is 1. The van der Waals surface area contributed by atoms with Crippen LogP contribution in [-0.4, -0.2) is 68.2 Å². The molecule has 3 heterocycles. The van der Waals surface area contributed by atoms with Crippen molar-refractivity contribution < 1.29 is 9.53 Å². The number of primary amides is 1. The van der Waals surface area contributed by atoms with Crippen LogP contribution >= 0.6 is 0 Å². The highest BCUT2D eigenvalue weighted by atomic mass is 16.5. The molecule has 3 rings (SSSR count). The van der Waals surface area contributed by atoms with Crippen molar-refractivity contribution in [2.24, 2.45) is 5.73 Å². The average Bonchev–Trinajstić information content (AvgIpc) is 3.10. The number of aromatic nitrogens is 2.